The van der Waals surface area contributed by atoms with Crippen molar-refractivity contribution in [3.63, 3.8) is 0 Å². The molecular weight excluding hydrogens is 186 g/mol. The molecule has 0 fully saturated rings. The van der Waals surface area contributed by atoms with Crippen LogP contribution in [0.4, 0.5) is 23.2 Å². The maximum atomic E-state index is 12.8. The van der Waals surface area contributed by atoms with Crippen LogP contribution in [0.5, 0.6) is 0 Å². The molecule has 0 radical (unpaired) electrons. The van der Waals surface area contributed by atoms with Gasteiger partial charge in [0, 0.05) is 7.05 Å². The van der Waals surface area contributed by atoms with Gasteiger partial charge in [0.25, 0.3) is 0 Å². The van der Waals surface area contributed by atoms with Crippen LogP contribution >= 0.6 is 0 Å². The van der Waals surface area contributed by atoms with Crippen molar-refractivity contribution >= 4 is 5.69 Å². The van der Waals surface area contributed by atoms with Crippen LogP contribution in [-0.2, 0) is 0 Å². The lowest BCUT2D eigenvalue weighted by atomic mass is 10.3. The number of anilines is 1. The van der Waals surface area contributed by atoms with Gasteiger partial charge in [0.1, 0.15) is 5.82 Å². The van der Waals surface area contributed by atoms with E-state index >= 15 is 0 Å². The van der Waals surface area contributed by atoms with Gasteiger partial charge in [0.05, 0.1) is 5.69 Å². The van der Waals surface area contributed by atoms with E-state index < -0.39 is 17.8 Å². The highest BCUT2D eigenvalue weighted by Gasteiger charge is 2.35. The first-order valence-electron chi connectivity index (χ1n) is 3.48. The Bertz CT molecular complexity index is 294. The second-order valence-electron chi connectivity index (χ2n) is 2.48. The van der Waals surface area contributed by atoms with Gasteiger partial charge in [-0.2, -0.15) is 13.2 Å². The van der Waals surface area contributed by atoms with Gasteiger partial charge in [-0.25, -0.2) is 4.39 Å². The number of hydrogen-bond donors (Lipinski definition) is 0. The highest BCUT2D eigenvalue weighted by molar-refractivity contribution is 5.47. The lowest BCUT2D eigenvalue weighted by Crippen LogP contribution is -2.34. The van der Waals surface area contributed by atoms with E-state index in [1.54, 1.807) is 0 Å². The zero-order chi connectivity index (χ0) is 10.1. The predicted octanol–water partition coefficient (Wildman–Crippen LogP) is 2.78. The molecule has 0 spiro atoms. The summed E-state index contributed by atoms with van der Waals surface area (Å²) in [5.41, 5.74) is -0.477. The molecule has 1 nitrogen and oxygen atoms in total. The first kappa shape index (κ1) is 9.83. The van der Waals surface area contributed by atoms with Gasteiger partial charge in [-0.3, -0.25) is 4.90 Å². The zero-order valence-corrected chi connectivity index (χ0v) is 6.77. The third-order valence-electron chi connectivity index (χ3n) is 1.59. The Labute approximate surface area is 72.6 Å². The maximum Gasteiger partial charge on any atom is 0.484 e. The van der Waals surface area contributed by atoms with Crippen LogP contribution in [0.25, 0.3) is 0 Å². The van der Waals surface area contributed by atoms with Crippen LogP contribution in [0.3, 0.4) is 0 Å². The molecule has 0 aliphatic heterocycles. The molecule has 0 N–H and O–H groups in total. The lowest BCUT2D eigenvalue weighted by Gasteiger charge is -2.22. The molecule has 13 heavy (non-hydrogen) atoms. The summed E-state index contributed by atoms with van der Waals surface area (Å²) >= 11 is 0. The Morgan fingerprint density at radius 1 is 1.15 bits per heavy atom. The molecular formula is C8H7F4N. The number of para-hydroxylation sites is 1. The Morgan fingerprint density at radius 3 is 2.15 bits per heavy atom. The monoisotopic (exact) mass is 193 g/mol. The highest BCUT2D eigenvalue weighted by Crippen LogP contribution is 2.28. The van der Waals surface area contributed by atoms with E-state index in [1.165, 1.54) is 12.1 Å². The topological polar surface area (TPSA) is 3.24 Å². The van der Waals surface area contributed by atoms with Crippen LogP contribution in [0.1, 0.15) is 0 Å². The Kier molecular flexibility index (Phi) is 2.45. The third kappa shape index (κ3) is 2.11. The second kappa shape index (κ2) is 3.24. The molecule has 0 aliphatic carbocycles. The minimum absolute atomic E-state index is 0.0671. The lowest BCUT2D eigenvalue weighted by molar-refractivity contribution is -0.125. The SMILES string of the molecule is CN(c1ccccc1F)C(F)(F)F. The molecule has 5 heteroatoms. The number of hydrogen-bond acceptors (Lipinski definition) is 1. The van der Waals surface area contributed by atoms with E-state index in [1.807, 2.05) is 0 Å². The van der Waals surface area contributed by atoms with Crippen molar-refractivity contribution in [3.8, 4) is 0 Å². The molecule has 0 heterocycles. The van der Waals surface area contributed by atoms with Crippen molar-refractivity contribution in [2.45, 2.75) is 6.30 Å². The van der Waals surface area contributed by atoms with E-state index in [2.05, 4.69) is 0 Å². The van der Waals surface area contributed by atoms with Crippen LogP contribution in [0, 0.1) is 5.82 Å². The summed E-state index contributed by atoms with van der Waals surface area (Å²) in [7, 11) is 0.776. The first-order chi connectivity index (χ1) is 5.93. The standard InChI is InChI=1S/C8H7F4N/c1-13(8(10,11)12)7-5-3-2-4-6(7)9/h2-5H,1H3. The number of rotatable bonds is 1. The number of halogens is 4. The van der Waals surface area contributed by atoms with Crippen LogP contribution in [0.15, 0.2) is 24.3 Å². The molecule has 0 aromatic heterocycles. The minimum Gasteiger partial charge on any atom is -0.284 e. The third-order valence-corrected chi connectivity index (χ3v) is 1.59. The van der Waals surface area contributed by atoms with Crippen molar-refractivity contribution < 1.29 is 17.6 Å². The molecule has 1 rings (SSSR count). The molecule has 0 saturated carbocycles. The highest BCUT2D eigenvalue weighted by atomic mass is 19.4. The summed E-state index contributed by atoms with van der Waals surface area (Å²) < 4.78 is 49.1. The van der Waals surface area contributed by atoms with Gasteiger partial charge in [0.15, 0.2) is 0 Å². The van der Waals surface area contributed by atoms with Gasteiger partial charge >= 0.3 is 6.30 Å². The Balaban J connectivity index is 3.02. The quantitative estimate of drug-likeness (QED) is 0.489. The summed E-state index contributed by atoms with van der Waals surface area (Å²) in [6.45, 7) is 0. The second-order valence-corrected chi connectivity index (χ2v) is 2.48. The predicted molar refractivity (Wildman–Crippen MR) is 40.9 cm³/mol. The van der Waals surface area contributed by atoms with Crippen molar-refractivity contribution in [1.29, 1.82) is 0 Å². The summed E-state index contributed by atoms with van der Waals surface area (Å²) in [4.78, 5) is -0.0671. The Hall–Kier alpha value is -1.26. The summed E-state index contributed by atoms with van der Waals surface area (Å²) in [5.74, 6) is -0.887. The van der Waals surface area contributed by atoms with Crippen LogP contribution in [-0.4, -0.2) is 13.3 Å². The van der Waals surface area contributed by atoms with Crippen LogP contribution < -0.4 is 4.90 Å². The van der Waals surface area contributed by atoms with E-state index in [-0.39, 0.29) is 4.90 Å². The van der Waals surface area contributed by atoms with E-state index in [9.17, 15) is 17.6 Å². The summed E-state index contributed by atoms with van der Waals surface area (Å²) in [6, 6.07) is 4.74. The maximum absolute atomic E-state index is 12.8. The summed E-state index contributed by atoms with van der Waals surface area (Å²) in [6.07, 6.45) is -4.55. The van der Waals surface area contributed by atoms with Gasteiger partial charge < -0.3 is 0 Å². The molecule has 0 atom stereocenters. The molecule has 0 saturated heterocycles. The fourth-order valence-corrected chi connectivity index (χ4v) is 0.860. The van der Waals surface area contributed by atoms with Crippen molar-refractivity contribution in [3.05, 3.63) is 30.1 Å². The van der Waals surface area contributed by atoms with Gasteiger partial charge in [-0.05, 0) is 12.1 Å². The largest absolute Gasteiger partial charge is 0.484 e. The first-order valence-corrected chi connectivity index (χ1v) is 3.48. The van der Waals surface area contributed by atoms with Gasteiger partial charge in [-0.1, -0.05) is 12.1 Å². The molecule has 1 aromatic carbocycles. The smallest absolute Gasteiger partial charge is 0.284 e. The van der Waals surface area contributed by atoms with Crippen molar-refractivity contribution in [2.24, 2.45) is 0 Å². The number of nitrogens with zero attached hydrogens (tertiary/aromatic N) is 1. The molecule has 0 amide bonds. The molecule has 0 unspecified atom stereocenters. The molecule has 0 aliphatic rings. The summed E-state index contributed by atoms with van der Waals surface area (Å²) in [5, 5.41) is 0. The Morgan fingerprint density at radius 2 is 1.69 bits per heavy atom. The molecule has 72 valence electrons. The van der Waals surface area contributed by atoms with Crippen molar-refractivity contribution in [1.82, 2.24) is 0 Å². The average molecular weight is 193 g/mol. The minimum atomic E-state index is -4.55. The fourth-order valence-electron chi connectivity index (χ4n) is 0.860. The normalized spacial score (nSPS) is 11.5. The van der Waals surface area contributed by atoms with Gasteiger partial charge in [-0.15, -0.1) is 0 Å². The molecule has 1 aromatic rings. The zero-order valence-electron chi connectivity index (χ0n) is 6.77. The van der Waals surface area contributed by atoms with E-state index in [0.717, 1.165) is 19.2 Å². The van der Waals surface area contributed by atoms with Gasteiger partial charge in [0.2, 0.25) is 0 Å². The molecule has 0 bridgehead atoms. The van der Waals surface area contributed by atoms with Crippen LogP contribution in [0.2, 0.25) is 0 Å². The average Bonchev–Trinajstić information content (AvgIpc) is 2.02. The van der Waals surface area contributed by atoms with Crippen molar-refractivity contribution in [2.75, 3.05) is 11.9 Å². The van der Waals surface area contributed by atoms with E-state index in [4.69, 9.17) is 0 Å². The fraction of sp³-hybridized carbons (Fsp3) is 0.250. The van der Waals surface area contributed by atoms with E-state index in [0.29, 0.717) is 0 Å². The number of benzene rings is 1. The number of alkyl halides is 3.